The van der Waals surface area contributed by atoms with Gasteiger partial charge in [-0.3, -0.25) is 28.8 Å². The quantitative estimate of drug-likeness (QED) is 0.0795. The molecule has 0 aliphatic heterocycles. The number of hydrogen-bond acceptors (Lipinski definition) is 13. The summed E-state index contributed by atoms with van der Waals surface area (Å²) in [6, 6.07) is 16.1. The average molecular weight is 733 g/mol. The zero-order chi connectivity index (χ0) is 38.7. The van der Waals surface area contributed by atoms with E-state index in [0.717, 1.165) is 24.3 Å². The van der Waals surface area contributed by atoms with Gasteiger partial charge in [-0.2, -0.15) is 0 Å². The van der Waals surface area contributed by atoms with Crippen LogP contribution in [0.15, 0.2) is 72.8 Å². The van der Waals surface area contributed by atoms with Crippen LogP contribution in [0, 0.1) is 0 Å². The lowest BCUT2D eigenvalue weighted by Crippen LogP contribution is -2.40. The Morgan fingerprint density at radius 3 is 1.32 bits per heavy atom. The van der Waals surface area contributed by atoms with Gasteiger partial charge in [0.2, 0.25) is 23.6 Å². The van der Waals surface area contributed by atoms with Gasteiger partial charge < -0.3 is 67.3 Å². The number of rotatable bonds is 14. The highest BCUT2D eigenvalue weighted by Crippen LogP contribution is 2.36. The normalized spacial score (nSPS) is 10.3. The van der Waals surface area contributed by atoms with E-state index in [0.29, 0.717) is 22.9 Å². The Kier molecular flexibility index (Phi) is 12.4. The zero-order valence-electron chi connectivity index (χ0n) is 27.3. The van der Waals surface area contributed by atoms with Gasteiger partial charge in [-0.05, 0) is 60.7 Å². The molecule has 19 nitrogen and oxygen atoms in total. The molecule has 0 aliphatic rings. The first-order valence-electron chi connectivity index (χ1n) is 15.3. The third-order valence-corrected chi connectivity index (χ3v) is 6.87. The topological polar surface area (TPSA) is 305 Å². The lowest BCUT2D eigenvalue weighted by Gasteiger charge is -2.11. The third-order valence-electron chi connectivity index (χ3n) is 6.87. The van der Waals surface area contributed by atoms with Crippen molar-refractivity contribution >= 4 is 46.8 Å². The number of hydrogen-bond donors (Lipinski definition) is 12. The second-order valence-corrected chi connectivity index (χ2v) is 10.9. The van der Waals surface area contributed by atoms with E-state index in [4.69, 9.17) is 4.74 Å². The van der Waals surface area contributed by atoms with Gasteiger partial charge >= 0.3 is 0 Å². The fourth-order valence-electron chi connectivity index (χ4n) is 4.27. The molecule has 4 aromatic rings. The molecule has 19 heteroatoms. The summed E-state index contributed by atoms with van der Waals surface area (Å²) in [4.78, 5) is 73.1. The maximum atomic E-state index is 12.4. The monoisotopic (exact) mass is 732 g/mol. The summed E-state index contributed by atoms with van der Waals surface area (Å²) in [7, 11) is 0. The summed E-state index contributed by atoms with van der Waals surface area (Å²) in [5.41, 5.74) is 0.290. The van der Waals surface area contributed by atoms with Crippen molar-refractivity contribution in [2.45, 2.75) is 0 Å². The van der Waals surface area contributed by atoms with Crippen LogP contribution in [0.4, 0.5) is 11.4 Å². The van der Waals surface area contributed by atoms with E-state index < -0.39 is 96.1 Å². The number of aromatic hydroxyl groups is 6. The predicted molar refractivity (Wildman–Crippen MR) is 184 cm³/mol. The third kappa shape index (κ3) is 11.2. The van der Waals surface area contributed by atoms with E-state index in [-0.39, 0.29) is 11.1 Å². The number of ether oxygens (including phenoxy) is 1. The molecule has 0 fully saturated rings. The molecule has 0 atom stereocenters. The molecule has 0 aliphatic carbocycles. The van der Waals surface area contributed by atoms with E-state index in [1.807, 2.05) is 0 Å². The van der Waals surface area contributed by atoms with Crippen molar-refractivity contribution in [2.24, 2.45) is 0 Å². The van der Waals surface area contributed by atoms with Crippen LogP contribution in [-0.2, 0) is 19.2 Å². The van der Waals surface area contributed by atoms with Gasteiger partial charge in [-0.15, -0.1) is 0 Å². The lowest BCUT2D eigenvalue weighted by molar-refractivity contribution is -0.123. The minimum atomic E-state index is -0.824. The van der Waals surface area contributed by atoms with Crippen molar-refractivity contribution in [1.82, 2.24) is 21.3 Å². The Morgan fingerprint density at radius 1 is 0.453 bits per heavy atom. The lowest BCUT2D eigenvalue weighted by atomic mass is 10.1. The summed E-state index contributed by atoms with van der Waals surface area (Å²) in [5.74, 6) is -8.00. The molecular formula is C34H32N6O13. The van der Waals surface area contributed by atoms with E-state index in [9.17, 15) is 59.4 Å². The van der Waals surface area contributed by atoms with Crippen LogP contribution in [0.25, 0.3) is 0 Å². The van der Waals surface area contributed by atoms with E-state index in [1.54, 1.807) is 30.3 Å². The van der Waals surface area contributed by atoms with E-state index >= 15 is 0 Å². The van der Waals surface area contributed by atoms with Crippen molar-refractivity contribution < 1.29 is 64.1 Å². The minimum absolute atomic E-state index is 0.211. The molecule has 0 saturated carbocycles. The largest absolute Gasteiger partial charge is 0.504 e. The Hall–Kier alpha value is -7.70. The minimum Gasteiger partial charge on any atom is -0.504 e. The first kappa shape index (κ1) is 38.1. The van der Waals surface area contributed by atoms with Crippen molar-refractivity contribution in [1.29, 1.82) is 0 Å². The van der Waals surface area contributed by atoms with Gasteiger partial charge in [-0.1, -0.05) is 6.07 Å². The van der Waals surface area contributed by atoms with Crippen molar-refractivity contribution in [3.63, 3.8) is 0 Å². The van der Waals surface area contributed by atoms with Gasteiger partial charge in [0.25, 0.3) is 11.8 Å². The molecule has 0 aromatic heterocycles. The van der Waals surface area contributed by atoms with Crippen molar-refractivity contribution in [3.05, 3.63) is 83.9 Å². The van der Waals surface area contributed by atoms with Gasteiger partial charge in [-0.25, -0.2) is 0 Å². The fourth-order valence-corrected chi connectivity index (χ4v) is 4.27. The fraction of sp³-hybridized carbons (Fsp3) is 0.118. The number of phenols is 6. The highest BCUT2D eigenvalue weighted by atomic mass is 16.5. The zero-order valence-corrected chi connectivity index (χ0v) is 27.3. The highest BCUT2D eigenvalue weighted by molar-refractivity contribution is 6.00. The molecule has 0 spiro atoms. The molecule has 6 amide bonds. The first-order valence-corrected chi connectivity index (χ1v) is 15.3. The van der Waals surface area contributed by atoms with E-state index in [2.05, 4.69) is 31.9 Å². The standard InChI is InChI=1S/C34H32N6O13/c41-23-8-17(9-24(42)31(23)49)33(51)37-13-27(45)35-15-29(47)39-19-4-6-21(7-5-19)53-22-3-1-2-20(12-22)40-30(48)16-36-28(46)14-38-34(52)18-10-25(43)32(50)26(44)11-18/h1-12,41-44,49-50H,13-16H2,(H,35,45)(H,36,46)(H,37,51)(H,38,52)(H,39,47)(H,40,48). The van der Waals surface area contributed by atoms with Crippen LogP contribution in [0.3, 0.4) is 0 Å². The molecule has 0 saturated heterocycles. The maximum absolute atomic E-state index is 12.4. The molecule has 0 unspecified atom stereocenters. The SMILES string of the molecule is O=C(CNC(=O)c1cc(O)c(O)c(O)c1)NCC(=O)Nc1ccc(Oc2cccc(NC(=O)CNC(=O)CNC(=O)c3cc(O)c(O)c(O)c3)c2)cc1. The summed E-state index contributed by atoms with van der Waals surface area (Å²) in [5, 5.41) is 71.1. The van der Waals surface area contributed by atoms with Crippen LogP contribution in [-0.4, -0.2) is 92.3 Å². The maximum Gasteiger partial charge on any atom is 0.251 e. The number of phenolic OH excluding ortho intramolecular Hbond substituents is 6. The molecule has 4 rings (SSSR count). The van der Waals surface area contributed by atoms with E-state index in [1.165, 1.54) is 18.2 Å². The highest BCUT2D eigenvalue weighted by Gasteiger charge is 2.16. The predicted octanol–water partition coefficient (Wildman–Crippen LogP) is 0.682. The number of anilines is 2. The second kappa shape index (κ2) is 17.3. The molecule has 0 bridgehead atoms. The summed E-state index contributed by atoms with van der Waals surface area (Å²) < 4.78 is 5.80. The molecule has 12 N–H and O–H groups in total. The van der Waals surface area contributed by atoms with Gasteiger partial charge in [0, 0.05) is 28.6 Å². The smallest absolute Gasteiger partial charge is 0.251 e. The van der Waals surface area contributed by atoms with Gasteiger partial charge in [0.15, 0.2) is 34.5 Å². The Balaban J connectivity index is 1.16. The van der Waals surface area contributed by atoms with Gasteiger partial charge in [0.05, 0.1) is 26.2 Å². The molecule has 0 heterocycles. The number of amides is 6. The first-order chi connectivity index (χ1) is 25.2. The van der Waals surface area contributed by atoms with Crippen LogP contribution >= 0.6 is 0 Å². The molecule has 276 valence electrons. The number of carbonyl (C=O) groups excluding carboxylic acids is 6. The molecule has 0 radical (unpaired) electrons. The van der Waals surface area contributed by atoms with Crippen LogP contribution < -0.4 is 36.6 Å². The van der Waals surface area contributed by atoms with Gasteiger partial charge in [0.1, 0.15) is 11.5 Å². The summed E-state index contributed by atoms with van der Waals surface area (Å²) >= 11 is 0. The van der Waals surface area contributed by atoms with Crippen molar-refractivity contribution in [3.8, 4) is 46.0 Å². The number of benzene rings is 4. The number of nitrogens with one attached hydrogen (secondary N) is 6. The van der Waals surface area contributed by atoms with Crippen LogP contribution in [0.5, 0.6) is 46.0 Å². The average Bonchev–Trinajstić information content (AvgIpc) is 3.12. The second-order valence-electron chi connectivity index (χ2n) is 10.9. The molecule has 4 aromatic carbocycles. The van der Waals surface area contributed by atoms with Crippen molar-refractivity contribution in [2.75, 3.05) is 36.8 Å². The molecular weight excluding hydrogens is 700 g/mol. The molecule has 53 heavy (non-hydrogen) atoms. The van der Waals surface area contributed by atoms with Crippen LogP contribution in [0.2, 0.25) is 0 Å². The summed E-state index contributed by atoms with van der Waals surface area (Å²) in [6.07, 6.45) is 0. The summed E-state index contributed by atoms with van der Waals surface area (Å²) in [6.45, 7) is -1.91. The number of carbonyl (C=O) groups is 6. The Bertz CT molecular complexity index is 2010. The Labute approximate surface area is 298 Å². The Morgan fingerprint density at radius 2 is 0.868 bits per heavy atom. The van der Waals surface area contributed by atoms with Crippen LogP contribution in [0.1, 0.15) is 20.7 Å².